The van der Waals surface area contributed by atoms with Crippen molar-refractivity contribution >= 4 is 10.0 Å². The molecule has 0 aliphatic heterocycles. The van der Waals surface area contributed by atoms with Crippen molar-refractivity contribution in [3.8, 4) is 17.4 Å². The fourth-order valence-corrected chi connectivity index (χ4v) is 4.58. The van der Waals surface area contributed by atoms with Gasteiger partial charge in [-0.1, -0.05) is 0 Å². The maximum absolute atomic E-state index is 12.8. The molecule has 0 radical (unpaired) electrons. The van der Waals surface area contributed by atoms with Gasteiger partial charge in [-0.2, -0.15) is 0 Å². The number of hydrogen-bond acceptors (Lipinski definition) is 7. The van der Waals surface area contributed by atoms with Crippen molar-refractivity contribution in [2.45, 2.75) is 42.7 Å². The first-order chi connectivity index (χ1) is 13.0. The van der Waals surface area contributed by atoms with Gasteiger partial charge in [0.2, 0.25) is 15.9 Å². The number of methoxy groups -OCH3 is 2. The zero-order valence-electron chi connectivity index (χ0n) is 15.3. The van der Waals surface area contributed by atoms with E-state index in [4.69, 9.17) is 14.2 Å². The highest BCUT2D eigenvalue weighted by atomic mass is 32.2. The number of rotatable bonds is 7. The number of sulfonamides is 1. The molecule has 27 heavy (non-hydrogen) atoms. The molecule has 1 fully saturated rings. The molecule has 8 nitrogen and oxygen atoms in total. The summed E-state index contributed by atoms with van der Waals surface area (Å²) in [5.41, 5.74) is 0. The molecule has 1 aromatic carbocycles. The van der Waals surface area contributed by atoms with Gasteiger partial charge in [-0.25, -0.2) is 18.1 Å². The number of nitrogens with one attached hydrogen (secondary N) is 1. The van der Waals surface area contributed by atoms with Crippen molar-refractivity contribution in [3.63, 3.8) is 0 Å². The lowest BCUT2D eigenvalue weighted by molar-refractivity contribution is 0.138. The summed E-state index contributed by atoms with van der Waals surface area (Å²) in [4.78, 5) is 8.15. The number of benzene rings is 1. The SMILES string of the molecule is COc1ccc(OC)c(S(=O)(=O)NC2CCC(Oc3cnccn3)CC2)c1. The second kappa shape index (κ2) is 8.53. The van der Waals surface area contributed by atoms with Crippen LogP contribution in [0.4, 0.5) is 0 Å². The van der Waals surface area contributed by atoms with Gasteiger partial charge in [0.05, 0.1) is 20.4 Å². The minimum atomic E-state index is -3.73. The van der Waals surface area contributed by atoms with Crippen LogP contribution in [0, 0.1) is 0 Å². The van der Waals surface area contributed by atoms with Crippen LogP contribution in [0.25, 0.3) is 0 Å². The number of nitrogens with zero attached hydrogens (tertiary/aromatic N) is 2. The number of ether oxygens (including phenoxy) is 3. The Bertz CT molecular complexity index is 853. The molecular formula is C18H23N3O5S. The normalized spacial score (nSPS) is 20.1. The van der Waals surface area contributed by atoms with Crippen molar-refractivity contribution in [2.24, 2.45) is 0 Å². The fraction of sp³-hybridized carbons (Fsp3) is 0.444. The lowest BCUT2D eigenvalue weighted by atomic mass is 9.94. The molecule has 1 heterocycles. The van der Waals surface area contributed by atoms with Gasteiger partial charge in [0.25, 0.3) is 0 Å². The molecule has 1 aliphatic carbocycles. The summed E-state index contributed by atoms with van der Waals surface area (Å²) in [5, 5.41) is 0. The summed E-state index contributed by atoms with van der Waals surface area (Å²) in [6, 6.07) is 4.54. The Hall–Kier alpha value is -2.39. The van der Waals surface area contributed by atoms with E-state index in [0.717, 1.165) is 12.8 Å². The molecule has 1 N–H and O–H groups in total. The van der Waals surface area contributed by atoms with Crippen LogP contribution < -0.4 is 18.9 Å². The second-order valence-corrected chi connectivity index (χ2v) is 7.96. The van der Waals surface area contributed by atoms with Crippen LogP contribution in [0.1, 0.15) is 25.7 Å². The molecule has 2 aromatic rings. The quantitative estimate of drug-likeness (QED) is 0.769. The zero-order chi connectivity index (χ0) is 19.3. The molecule has 0 unspecified atom stereocenters. The molecule has 0 saturated heterocycles. The average molecular weight is 393 g/mol. The van der Waals surface area contributed by atoms with Crippen LogP contribution in [0.5, 0.6) is 17.4 Å². The third kappa shape index (κ3) is 4.86. The van der Waals surface area contributed by atoms with Gasteiger partial charge in [0.1, 0.15) is 22.5 Å². The largest absolute Gasteiger partial charge is 0.497 e. The monoisotopic (exact) mass is 393 g/mol. The van der Waals surface area contributed by atoms with Crippen molar-refractivity contribution in [2.75, 3.05) is 14.2 Å². The van der Waals surface area contributed by atoms with E-state index in [1.165, 1.54) is 20.3 Å². The van der Waals surface area contributed by atoms with Crippen LogP contribution in [-0.2, 0) is 10.0 Å². The Morgan fingerprint density at radius 3 is 2.48 bits per heavy atom. The van der Waals surface area contributed by atoms with E-state index in [-0.39, 0.29) is 22.8 Å². The molecule has 9 heteroatoms. The third-order valence-electron chi connectivity index (χ3n) is 4.48. The third-order valence-corrected chi connectivity index (χ3v) is 6.02. The molecule has 0 atom stereocenters. The Morgan fingerprint density at radius 1 is 1.07 bits per heavy atom. The Labute approximate surface area is 158 Å². The second-order valence-electron chi connectivity index (χ2n) is 6.27. The van der Waals surface area contributed by atoms with E-state index < -0.39 is 10.0 Å². The lowest BCUT2D eigenvalue weighted by Gasteiger charge is -2.29. The molecular weight excluding hydrogens is 370 g/mol. The first kappa shape index (κ1) is 19.4. The standard InChI is InChI=1S/C18H23N3O5S/c1-24-15-7-8-16(25-2)17(11-15)27(22,23)21-13-3-5-14(6-4-13)26-18-12-19-9-10-20-18/h7-14,21H,3-6H2,1-2H3. The molecule has 1 saturated carbocycles. The summed E-state index contributed by atoms with van der Waals surface area (Å²) in [7, 11) is -0.799. The highest BCUT2D eigenvalue weighted by Gasteiger charge is 2.28. The summed E-state index contributed by atoms with van der Waals surface area (Å²) >= 11 is 0. The van der Waals surface area contributed by atoms with E-state index in [1.807, 2.05) is 0 Å². The highest BCUT2D eigenvalue weighted by molar-refractivity contribution is 7.89. The first-order valence-electron chi connectivity index (χ1n) is 8.69. The van der Waals surface area contributed by atoms with Crippen molar-refractivity contribution in [3.05, 3.63) is 36.8 Å². The maximum Gasteiger partial charge on any atom is 0.244 e. The molecule has 1 aromatic heterocycles. The van der Waals surface area contributed by atoms with Gasteiger partial charge in [-0.05, 0) is 37.8 Å². The summed E-state index contributed by atoms with van der Waals surface area (Å²) in [6.45, 7) is 0. The first-order valence-corrected chi connectivity index (χ1v) is 10.2. The molecule has 0 bridgehead atoms. The van der Waals surface area contributed by atoms with Gasteiger partial charge >= 0.3 is 0 Å². The molecule has 3 rings (SSSR count). The Kier molecular flexibility index (Phi) is 6.12. The van der Waals surface area contributed by atoms with Gasteiger partial charge < -0.3 is 14.2 Å². The maximum atomic E-state index is 12.8. The zero-order valence-corrected chi connectivity index (χ0v) is 16.1. The van der Waals surface area contributed by atoms with Gasteiger partial charge in [0.15, 0.2) is 0 Å². The van der Waals surface area contributed by atoms with Crippen LogP contribution in [-0.4, -0.2) is 44.8 Å². The van der Waals surface area contributed by atoms with E-state index in [2.05, 4.69) is 14.7 Å². The Balaban J connectivity index is 1.63. The number of hydrogen-bond donors (Lipinski definition) is 1. The topological polar surface area (TPSA) is 99.6 Å². The molecule has 0 spiro atoms. The van der Waals surface area contributed by atoms with Crippen molar-refractivity contribution in [1.29, 1.82) is 0 Å². The number of aromatic nitrogens is 2. The van der Waals surface area contributed by atoms with E-state index in [0.29, 0.717) is 24.5 Å². The fourth-order valence-electron chi connectivity index (χ4n) is 3.09. The predicted octanol–water partition coefficient (Wildman–Crippen LogP) is 2.16. The summed E-state index contributed by atoms with van der Waals surface area (Å²) < 4.78 is 44.6. The van der Waals surface area contributed by atoms with Gasteiger partial charge in [-0.15, -0.1) is 0 Å². The van der Waals surface area contributed by atoms with Crippen LogP contribution in [0.15, 0.2) is 41.7 Å². The minimum absolute atomic E-state index is 0.00816. The van der Waals surface area contributed by atoms with E-state index in [1.54, 1.807) is 30.7 Å². The minimum Gasteiger partial charge on any atom is -0.497 e. The van der Waals surface area contributed by atoms with Crippen LogP contribution in [0.2, 0.25) is 0 Å². The van der Waals surface area contributed by atoms with E-state index >= 15 is 0 Å². The van der Waals surface area contributed by atoms with Crippen molar-refractivity contribution in [1.82, 2.24) is 14.7 Å². The van der Waals surface area contributed by atoms with Crippen LogP contribution in [0.3, 0.4) is 0 Å². The molecule has 0 amide bonds. The Morgan fingerprint density at radius 2 is 1.85 bits per heavy atom. The smallest absolute Gasteiger partial charge is 0.244 e. The molecule has 1 aliphatic rings. The average Bonchev–Trinajstić information content (AvgIpc) is 2.69. The van der Waals surface area contributed by atoms with Crippen molar-refractivity contribution < 1.29 is 22.6 Å². The summed E-state index contributed by atoms with van der Waals surface area (Å²) in [5.74, 6) is 1.22. The lowest BCUT2D eigenvalue weighted by Crippen LogP contribution is -2.39. The van der Waals surface area contributed by atoms with E-state index in [9.17, 15) is 8.42 Å². The predicted molar refractivity (Wildman–Crippen MR) is 98.6 cm³/mol. The van der Waals surface area contributed by atoms with Gasteiger partial charge in [-0.3, -0.25) is 4.98 Å². The van der Waals surface area contributed by atoms with Gasteiger partial charge in [0, 0.05) is 24.5 Å². The highest BCUT2D eigenvalue weighted by Crippen LogP contribution is 2.30. The molecule has 146 valence electrons. The van der Waals surface area contributed by atoms with Crippen LogP contribution >= 0.6 is 0 Å². The summed E-state index contributed by atoms with van der Waals surface area (Å²) in [6.07, 6.45) is 7.57.